The number of nitrogens with zero attached hydrogens (tertiary/aromatic N) is 4. The van der Waals surface area contributed by atoms with Crippen LogP contribution in [0.2, 0.25) is 0 Å². The van der Waals surface area contributed by atoms with Gasteiger partial charge in [0.25, 0.3) is 0 Å². The second kappa shape index (κ2) is 30.9. The number of nitro groups is 1. The molecule has 1 aromatic heterocycles. The number of non-ortho nitro benzene ring substituents is 1. The van der Waals surface area contributed by atoms with Crippen molar-refractivity contribution in [3.63, 3.8) is 0 Å². The first-order valence-electron chi connectivity index (χ1n) is 21.9. The van der Waals surface area contributed by atoms with Gasteiger partial charge in [-0.25, -0.2) is 9.19 Å². The van der Waals surface area contributed by atoms with Gasteiger partial charge in [-0.05, 0) is 48.1 Å². The van der Waals surface area contributed by atoms with Gasteiger partial charge >= 0.3 is 19.5 Å². The molecule has 332 valence electrons. The smallest absolute Gasteiger partial charge is 0.472 e. The van der Waals surface area contributed by atoms with Crippen molar-refractivity contribution in [2.24, 2.45) is 0 Å². The number of nitrogens with one attached hydrogen (secondary N) is 1. The molecule has 0 aliphatic rings. The van der Waals surface area contributed by atoms with Crippen molar-refractivity contribution in [2.75, 3.05) is 59.4 Å². The van der Waals surface area contributed by atoms with Gasteiger partial charge in [0.1, 0.15) is 19.8 Å². The maximum atomic E-state index is 12.7. The summed E-state index contributed by atoms with van der Waals surface area (Å²) >= 11 is 0. The fourth-order valence-electron chi connectivity index (χ4n) is 6.41. The van der Waals surface area contributed by atoms with Crippen LogP contribution in [0, 0.1) is 10.1 Å². The minimum absolute atomic E-state index is 0.00955. The molecule has 0 aliphatic heterocycles. The quantitative estimate of drug-likeness (QED) is 0.0124. The first-order valence-corrected chi connectivity index (χ1v) is 23.4. The number of benzene rings is 1. The second-order valence-corrected chi connectivity index (χ2v) is 17.8. The van der Waals surface area contributed by atoms with Crippen molar-refractivity contribution >= 4 is 36.2 Å². The van der Waals surface area contributed by atoms with Crippen molar-refractivity contribution < 1.29 is 46.8 Å². The van der Waals surface area contributed by atoms with Crippen molar-refractivity contribution in [2.45, 2.75) is 161 Å². The highest BCUT2D eigenvalue weighted by atomic mass is 31.2. The minimum atomic E-state index is -4.33. The molecule has 0 saturated heterocycles. The Morgan fingerprint density at radius 2 is 1.41 bits per heavy atom. The summed E-state index contributed by atoms with van der Waals surface area (Å²) in [6.07, 6.45) is 28.6. The fourth-order valence-corrected chi connectivity index (χ4v) is 7.15. The SMILES string of the molecule is CCCCCCCCCCCCCC/C=C\OC[C@H](COP(=O)(O)OCC[N+](C)(C)C)OC(=O)CCCCCCCCCCCNc1ccc([N+](=O)[O-])c2nonc12. The fraction of sp³-hybridized carbons (Fsp3) is 0.786. The van der Waals surface area contributed by atoms with E-state index in [-0.39, 0.29) is 43.4 Å². The Morgan fingerprint density at radius 3 is 2.02 bits per heavy atom. The molecule has 2 aromatic rings. The van der Waals surface area contributed by atoms with E-state index in [4.69, 9.17) is 23.2 Å². The number of esters is 1. The van der Waals surface area contributed by atoms with Crippen LogP contribution in [0.25, 0.3) is 11.0 Å². The number of phosphoric acid groups is 1. The number of anilines is 1. The Bertz CT molecular complexity index is 1470. The van der Waals surface area contributed by atoms with Gasteiger partial charge in [-0.1, -0.05) is 122 Å². The van der Waals surface area contributed by atoms with Gasteiger partial charge in [0, 0.05) is 19.0 Å². The third-order valence-corrected chi connectivity index (χ3v) is 10.9. The number of phosphoric ester groups is 1. The number of aromatic nitrogens is 2. The van der Waals surface area contributed by atoms with Crippen molar-refractivity contribution in [1.29, 1.82) is 0 Å². The van der Waals surface area contributed by atoms with Crippen LogP contribution in [-0.2, 0) is 27.9 Å². The maximum Gasteiger partial charge on any atom is 0.472 e. The van der Waals surface area contributed by atoms with Crippen molar-refractivity contribution in [3.8, 4) is 0 Å². The lowest BCUT2D eigenvalue weighted by Crippen LogP contribution is -2.37. The molecule has 2 atom stereocenters. The van der Waals surface area contributed by atoms with Crippen LogP contribution in [0.5, 0.6) is 0 Å². The average Bonchev–Trinajstić information content (AvgIpc) is 3.67. The molecule has 0 bridgehead atoms. The largest absolute Gasteiger partial charge is 0.498 e. The zero-order valence-corrected chi connectivity index (χ0v) is 36.9. The Labute approximate surface area is 347 Å². The summed E-state index contributed by atoms with van der Waals surface area (Å²) in [5.41, 5.74) is 1.04. The maximum absolute atomic E-state index is 12.7. The zero-order valence-electron chi connectivity index (χ0n) is 36.0. The number of nitro benzene ring substituents is 1. The summed E-state index contributed by atoms with van der Waals surface area (Å²) in [4.78, 5) is 33.6. The average molecular weight is 841 g/mol. The van der Waals surface area contributed by atoms with E-state index in [1.807, 2.05) is 27.2 Å². The van der Waals surface area contributed by atoms with Crippen LogP contribution in [-0.4, -0.2) is 90.7 Å². The highest BCUT2D eigenvalue weighted by Crippen LogP contribution is 2.43. The number of unbranched alkanes of at least 4 members (excludes halogenated alkanes) is 20. The summed E-state index contributed by atoms with van der Waals surface area (Å²) < 4.78 is 39.4. The predicted molar refractivity (Wildman–Crippen MR) is 228 cm³/mol. The van der Waals surface area contributed by atoms with E-state index < -0.39 is 18.8 Å². The van der Waals surface area contributed by atoms with Gasteiger partial charge in [-0.2, -0.15) is 0 Å². The molecule has 1 unspecified atom stereocenters. The molecular formula is C42H75N5O10P+. The summed E-state index contributed by atoms with van der Waals surface area (Å²) in [7, 11) is 1.54. The number of carbonyl (C=O) groups is 1. The number of hydrogen-bond donors (Lipinski definition) is 2. The first-order chi connectivity index (χ1) is 27.9. The van der Waals surface area contributed by atoms with E-state index in [9.17, 15) is 24.4 Å². The van der Waals surface area contributed by atoms with Crippen molar-refractivity contribution in [3.05, 3.63) is 34.6 Å². The van der Waals surface area contributed by atoms with Crippen LogP contribution in [0.4, 0.5) is 11.4 Å². The van der Waals surface area contributed by atoms with Gasteiger partial charge in [-0.3, -0.25) is 24.0 Å². The molecule has 0 fully saturated rings. The van der Waals surface area contributed by atoms with E-state index in [1.165, 1.54) is 76.7 Å². The van der Waals surface area contributed by atoms with Gasteiger partial charge in [-0.15, -0.1) is 0 Å². The normalized spacial score (nSPS) is 13.5. The van der Waals surface area contributed by atoms with Gasteiger partial charge in [0.2, 0.25) is 5.52 Å². The highest BCUT2D eigenvalue weighted by molar-refractivity contribution is 7.47. The molecule has 1 aromatic carbocycles. The van der Waals surface area contributed by atoms with Crippen LogP contribution < -0.4 is 5.32 Å². The Morgan fingerprint density at radius 1 is 0.845 bits per heavy atom. The number of rotatable bonds is 38. The molecule has 0 amide bonds. The Balaban J connectivity index is 1.58. The van der Waals surface area contributed by atoms with Crippen LogP contribution in [0.3, 0.4) is 0 Å². The van der Waals surface area contributed by atoms with E-state index in [0.29, 0.717) is 28.7 Å². The summed E-state index contributed by atoms with van der Waals surface area (Å²) in [5, 5.41) is 21.9. The second-order valence-electron chi connectivity index (χ2n) is 16.3. The third kappa shape index (κ3) is 25.4. The minimum Gasteiger partial charge on any atom is -0.498 e. The van der Waals surface area contributed by atoms with Crippen LogP contribution in [0.15, 0.2) is 29.1 Å². The van der Waals surface area contributed by atoms with E-state index >= 15 is 0 Å². The standard InChI is InChI=1S/C42H74N5O10P/c1-5-6-7-8-9-10-11-12-13-14-18-21-24-27-33-53-35-37(36-55-58(51,52)54-34-32-47(2,3)4)56-40(48)28-25-22-19-16-15-17-20-23-26-31-43-38-29-30-39(46(49)50)42-41(38)44-57-45-42/h27,29-30,33,37H,5-26,28,31-32,34-36H2,1-4H3,(H-,43,45,51,52)/p+1/b33-27-/t37-/m1/s1. The van der Waals surface area contributed by atoms with Gasteiger partial charge in [0.05, 0.1) is 44.6 Å². The topological polar surface area (TPSA) is 185 Å². The molecule has 16 heteroatoms. The lowest BCUT2D eigenvalue weighted by Gasteiger charge is -2.24. The number of hydrogen-bond acceptors (Lipinski definition) is 12. The van der Waals surface area contributed by atoms with E-state index in [0.717, 1.165) is 70.8 Å². The first kappa shape index (κ1) is 51.0. The zero-order chi connectivity index (χ0) is 42.3. The molecule has 1 heterocycles. The van der Waals surface area contributed by atoms with E-state index in [1.54, 1.807) is 12.3 Å². The number of allylic oxidation sites excluding steroid dienone is 1. The summed E-state index contributed by atoms with van der Waals surface area (Å²) in [6, 6.07) is 3.04. The molecule has 15 nitrogen and oxygen atoms in total. The number of likely N-dealkylation sites (N-methyl/N-ethyl adjacent to an activating group) is 1. The van der Waals surface area contributed by atoms with Crippen LogP contribution in [0.1, 0.15) is 155 Å². The van der Waals surface area contributed by atoms with Gasteiger partial charge in [0.15, 0.2) is 11.6 Å². The monoisotopic (exact) mass is 841 g/mol. The number of carbonyl (C=O) groups excluding carboxylic acids is 1. The Hall–Kier alpha value is -3.10. The summed E-state index contributed by atoms with van der Waals surface area (Å²) in [5.74, 6) is -0.390. The highest BCUT2D eigenvalue weighted by Gasteiger charge is 2.26. The number of fused-ring (bicyclic) bond motifs is 1. The molecule has 2 N–H and O–H groups in total. The number of quaternary nitrogens is 1. The lowest BCUT2D eigenvalue weighted by atomic mass is 10.0. The van der Waals surface area contributed by atoms with E-state index in [2.05, 4.69) is 22.6 Å². The van der Waals surface area contributed by atoms with Crippen molar-refractivity contribution in [1.82, 2.24) is 10.3 Å². The Kier molecular flexibility index (Phi) is 27.2. The third-order valence-electron chi connectivity index (χ3n) is 9.90. The van der Waals surface area contributed by atoms with Gasteiger partial charge < -0.3 is 24.2 Å². The van der Waals surface area contributed by atoms with Crippen LogP contribution >= 0.6 is 7.82 Å². The molecule has 0 aliphatic carbocycles. The molecule has 0 radical (unpaired) electrons. The predicted octanol–water partition coefficient (Wildman–Crippen LogP) is 10.8. The molecule has 58 heavy (non-hydrogen) atoms. The molecule has 0 saturated carbocycles. The lowest BCUT2D eigenvalue weighted by molar-refractivity contribution is -0.870. The molecule has 0 spiro atoms. The number of ether oxygens (including phenoxy) is 2. The molecule has 2 rings (SSSR count). The molecular weight excluding hydrogens is 765 g/mol. The summed E-state index contributed by atoms with van der Waals surface area (Å²) in [6.45, 7) is 3.25.